The Morgan fingerprint density at radius 2 is 1.67 bits per heavy atom. The van der Waals surface area contributed by atoms with Gasteiger partial charge in [-0.25, -0.2) is 5.26 Å². The number of ketones is 3. The molecule has 0 aliphatic carbocycles. The smallest absolute Gasteiger partial charge is 0.362 e. The third-order valence-corrected chi connectivity index (χ3v) is 11.8. The van der Waals surface area contributed by atoms with E-state index in [9.17, 15) is 48.8 Å². The second-order valence-electron chi connectivity index (χ2n) is 15.5. The van der Waals surface area contributed by atoms with Crippen LogP contribution < -0.4 is 37.7 Å². The van der Waals surface area contributed by atoms with Crippen LogP contribution in [0, 0.1) is 12.8 Å². The molecule has 1 fully saturated rings. The van der Waals surface area contributed by atoms with E-state index in [1.807, 2.05) is 36.5 Å². The number of nitrogens with one attached hydrogen (secondary N) is 6. The molecule has 0 aromatic heterocycles. The summed E-state index contributed by atoms with van der Waals surface area (Å²) in [5, 5.41) is 42.8. The minimum Gasteiger partial charge on any atom is -0.481 e. The van der Waals surface area contributed by atoms with Gasteiger partial charge in [0.05, 0.1) is 23.9 Å². The summed E-state index contributed by atoms with van der Waals surface area (Å²) in [5.74, 6) is -7.91. The Kier molecular flexibility index (Phi) is 27.4. The van der Waals surface area contributed by atoms with Crippen molar-refractivity contribution in [3.63, 3.8) is 0 Å². The average molecular weight is 972 g/mol. The van der Waals surface area contributed by atoms with Gasteiger partial charge in [-0.3, -0.25) is 53.8 Å². The second kappa shape index (κ2) is 31.4. The first-order valence-electron chi connectivity index (χ1n) is 21.5. The number of methoxy groups -OCH3 is 1. The third kappa shape index (κ3) is 21.0. The Labute approximate surface area is 393 Å². The Morgan fingerprint density at radius 3 is 2.30 bits per heavy atom. The van der Waals surface area contributed by atoms with Crippen molar-refractivity contribution in [1.29, 1.82) is 0 Å². The van der Waals surface area contributed by atoms with E-state index < -0.39 is 70.7 Å². The van der Waals surface area contributed by atoms with Crippen molar-refractivity contribution in [3.05, 3.63) is 29.8 Å². The van der Waals surface area contributed by atoms with Gasteiger partial charge >= 0.3 is 11.9 Å². The van der Waals surface area contributed by atoms with Crippen molar-refractivity contribution in [2.24, 2.45) is 11.7 Å². The Hall–Kier alpha value is -4.54. The van der Waals surface area contributed by atoms with E-state index in [4.69, 9.17) is 32.6 Å². The van der Waals surface area contributed by atoms with Gasteiger partial charge in [0.1, 0.15) is 12.4 Å². The highest BCUT2D eigenvalue weighted by atomic mass is 32.2. The lowest BCUT2D eigenvalue weighted by Gasteiger charge is -2.33. The van der Waals surface area contributed by atoms with Crippen LogP contribution in [0.1, 0.15) is 83.1 Å². The van der Waals surface area contributed by atoms with Crippen molar-refractivity contribution in [2.75, 3.05) is 57.5 Å². The number of thioether (sulfide) groups is 1. The molecule has 1 saturated heterocycles. The number of hydrazine groups is 1. The number of aliphatic carboxylic acids is 1. The van der Waals surface area contributed by atoms with Crippen LogP contribution in [-0.2, 0) is 52.8 Å². The summed E-state index contributed by atoms with van der Waals surface area (Å²) in [6.45, 7) is 3.72. The van der Waals surface area contributed by atoms with E-state index >= 15 is 0 Å². The molecule has 1 aromatic carbocycles. The average Bonchev–Trinajstić information content (AvgIpc) is 3.53. The zero-order chi connectivity index (χ0) is 49.1. The van der Waals surface area contributed by atoms with Gasteiger partial charge in [0.2, 0.25) is 29.9 Å². The molecule has 0 saturated carbocycles. The van der Waals surface area contributed by atoms with Gasteiger partial charge in [0, 0.05) is 55.7 Å². The Morgan fingerprint density at radius 1 is 1.00 bits per heavy atom. The lowest BCUT2D eigenvalue weighted by molar-refractivity contribution is -0.502. The molecule has 1 aliphatic heterocycles. The zero-order valence-corrected chi connectivity index (χ0v) is 39.2. The van der Waals surface area contributed by atoms with Gasteiger partial charge in [-0.2, -0.15) is 15.2 Å². The SMILES string of the molecule is COCC(=O)CN1C(=O)CC(SCC(CCCCNC(=S)Nc2ccc(C)cc2)C(=O)NCCCCN[C@@H](CCCCN)C(=O)C(NC=O)(OO)ON(O)N[C@@H](CCC(=O)O)C(C)=O)C1=O. The monoisotopic (exact) mass is 971 g/mol. The first-order chi connectivity index (χ1) is 31.5. The molecule has 4 amide bonds. The predicted molar refractivity (Wildman–Crippen MR) is 244 cm³/mol. The van der Waals surface area contributed by atoms with Crippen molar-refractivity contribution in [1.82, 2.24) is 36.9 Å². The number of imide groups is 1. The molecule has 5 atom stereocenters. The fourth-order valence-electron chi connectivity index (χ4n) is 6.53. The number of anilines is 1. The number of carboxylic acids is 1. The number of carbonyl (C=O) groups excluding carboxylic acids is 7. The molecule has 3 unspecified atom stereocenters. The predicted octanol–water partition coefficient (Wildman–Crippen LogP) is 0.536. The maximum Gasteiger partial charge on any atom is 0.362 e. The van der Waals surface area contributed by atoms with Gasteiger partial charge in [-0.15, -0.1) is 11.8 Å². The first-order valence-corrected chi connectivity index (χ1v) is 23.0. The fraction of sp³-hybridized carbons (Fsp3) is 0.634. The molecule has 66 heavy (non-hydrogen) atoms. The quantitative estimate of drug-likeness (QED) is 0.00827. The number of carbonyl (C=O) groups is 8. The van der Waals surface area contributed by atoms with Crippen LogP contribution >= 0.6 is 24.0 Å². The molecule has 370 valence electrons. The zero-order valence-electron chi connectivity index (χ0n) is 37.5. The molecular formula is C41H65N9O14S2. The van der Waals surface area contributed by atoms with Crippen molar-refractivity contribution in [2.45, 2.75) is 108 Å². The van der Waals surface area contributed by atoms with Crippen molar-refractivity contribution < 1.29 is 68.4 Å². The van der Waals surface area contributed by atoms with Gasteiger partial charge in [-0.05, 0) is 96.2 Å². The number of thiocarbonyl (C=S) groups is 1. The Balaban J connectivity index is 2.04. The van der Waals surface area contributed by atoms with E-state index in [-0.39, 0.29) is 68.9 Å². The molecule has 0 spiro atoms. The lowest BCUT2D eigenvalue weighted by atomic mass is 10.0. The van der Waals surface area contributed by atoms with Crippen LogP contribution in [0.3, 0.4) is 0 Å². The van der Waals surface area contributed by atoms with E-state index in [0.29, 0.717) is 63.1 Å². The summed E-state index contributed by atoms with van der Waals surface area (Å²) in [6, 6.07) is 5.29. The summed E-state index contributed by atoms with van der Waals surface area (Å²) in [4.78, 5) is 110. The molecule has 25 heteroatoms. The van der Waals surface area contributed by atoms with Crippen LogP contribution in [0.2, 0.25) is 0 Å². The second-order valence-corrected chi connectivity index (χ2v) is 17.1. The van der Waals surface area contributed by atoms with Crippen LogP contribution in [0.15, 0.2) is 24.3 Å². The van der Waals surface area contributed by atoms with Crippen LogP contribution in [0.4, 0.5) is 5.69 Å². The lowest BCUT2D eigenvalue weighted by Crippen LogP contribution is -2.65. The highest BCUT2D eigenvalue weighted by molar-refractivity contribution is 8.00. The van der Waals surface area contributed by atoms with E-state index in [1.54, 1.807) is 0 Å². The number of amides is 4. The molecule has 1 aromatic rings. The van der Waals surface area contributed by atoms with Gasteiger partial charge < -0.3 is 36.8 Å². The number of aryl methyl sites for hydroxylation is 1. The molecule has 23 nitrogen and oxygen atoms in total. The molecule has 11 N–H and O–H groups in total. The highest BCUT2D eigenvalue weighted by Gasteiger charge is 2.48. The van der Waals surface area contributed by atoms with Crippen LogP contribution in [0.25, 0.3) is 0 Å². The molecular weight excluding hydrogens is 907 g/mol. The van der Waals surface area contributed by atoms with Crippen LogP contribution in [-0.4, -0.2) is 154 Å². The largest absolute Gasteiger partial charge is 0.481 e. The normalized spacial score (nSPS) is 16.0. The van der Waals surface area contributed by atoms with E-state index in [0.717, 1.165) is 23.1 Å². The number of hydrogen-bond donors (Lipinski definition) is 10. The van der Waals surface area contributed by atoms with Crippen LogP contribution in [0.5, 0.6) is 0 Å². The molecule has 2 rings (SSSR count). The molecule has 1 aliphatic rings. The number of unbranched alkanes of at least 4 members (excludes halogenated alkanes) is 3. The summed E-state index contributed by atoms with van der Waals surface area (Å²) < 4.78 is 4.82. The molecule has 0 radical (unpaired) electrons. The number of ether oxygens (including phenoxy) is 1. The number of nitrogens with zero attached hydrogens (tertiary/aromatic N) is 2. The number of hydrogen-bond acceptors (Lipinski definition) is 19. The molecule has 1 heterocycles. The van der Waals surface area contributed by atoms with Crippen molar-refractivity contribution >= 4 is 82.2 Å². The van der Waals surface area contributed by atoms with E-state index in [2.05, 4.69) is 31.6 Å². The number of benzene rings is 1. The number of rotatable bonds is 37. The van der Waals surface area contributed by atoms with Gasteiger partial charge in [-0.1, -0.05) is 30.5 Å². The van der Waals surface area contributed by atoms with Crippen molar-refractivity contribution in [3.8, 4) is 0 Å². The minimum absolute atomic E-state index is 0.0375. The summed E-state index contributed by atoms with van der Waals surface area (Å²) in [6.07, 6.45) is 2.71. The van der Waals surface area contributed by atoms with E-state index in [1.165, 1.54) is 18.9 Å². The third-order valence-electron chi connectivity index (χ3n) is 10.2. The standard InChI is InChI=1S/C41H65N9O14S2/c1-27-12-14-30(15-13-27)47-40(65)45-21-7-5-10-29(25-66-34-22-35(54)49(39(34)59)23-31(53)24-62-3)38(58)44-20-9-8-19-43-33(11-4-6-18-42)37(57)41(64-61,46-26-51)63-50(60)48-32(28(2)52)16-17-36(55)56/h12-15,26,29,32-34,43,48,60-61H,4-11,16-25,42H2,1-3H3,(H,44,58)(H,46,51)(H,55,56)(H2,45,47,65)/t29?,32-,33-,34?,41?/m0/s1. The number of Topliss-reactive ketones (excluding diaryl/α,β-unsaturated/α-hetero) is 3. The summed E-state index contributed by atoms with van der Waals surface area (Å²) in [7, 11) is 1.34. The fourth-order valence-corrected chi connectivity index (χ4v) is 8.06. The van der Waals surface area contributed by atoms with Gasteiger partial charge in [0.25, 0.3) is 0 Å². The number of likely N-dealkylation sites (tertiary alicyclic amines) is 1. The maximum atomic E-state index is 13.8. The summed E-state index contributed by atoms with van der Waals surface area (Å²) in [5.41, 5.74) is 9.75. The number of carboxylic acid groups (broad SMARTS) is 1. The first kappa shape index (κ1) is 57.6. The number of nitrogens with two attached hydrogens (primary N) is 1. The minimum atomic E-state index is -3.03. The highest BCUT2D eigenvalue weighted by Crippen LogP contribution is 2.28. The topological polar surface area (TPSA) is 330 Å². The maximum absolute atomic E-state index is 13.8. The summed E-state index contributed by atoms with van der Waals surface area (Å²) >= 11 is 6.60. The van der Waals surface area contributed by atoms with Gasteiger partial charge in [0.15, 0.2) is 10.9 Å². The Bertz CT molecular complexity index is 1770. The molecule has 0 bridgehead atoms.